The molecule has 1 aromatic carbocycles. The van der Waals surface area contributed by atoms with Gasteiger partial charge in [0.05, 0.1) is 6.61 Å². The fourth-order valence-corrected chi connectivity index (χ4v) is 1.25. The molecular weight excluding hydrogens is 305 g/mol. The summed E-state index contributed by atoms with van der Waals surface area (Å²) in [4.78, 5) is 11.4. The zero-order valence-electron chi connectivity index (χ0n) is 11.5. The largest absolute Gasteiger partial charge is 0.513 e. The molecule has 0 radical (unpaired) electrons. The third-order valence-electron chi connectivity index (χ3n) is 2.13. The van der Waals surface area contributed by atoms with Gasteiger partial charge in [-0.3, -0.25) is 0 Å². The van der Waals surface area contributed by atoms with Crippen LogP contribution in [0.25, 0.3) is 0 Å². The molecule has 1 aromatic rings. The van der Waals surface area contributed by atoms with E-state index in [1.807, 2.05) is 0 Å². The van der Waals surface area contributed by atoms with E-state index in [2.05, 4.69) is 19.7 Å². The molecule has 0 fully saturated rings. The minimum Gasteiger partial charge on any atom is -0.513 e. The van der Waals surface area contributed by atoms with Crippen LogP contribution in [-0.4, -0.2) is 30.5 Å². The van der Waals surface area contributed by atoms with Gasteiger partial charge in [0.25, 0.3) is 0 Å². The van der Waals surface area contributed by atoms with Gasteiger partial charge in [0, 0.05) is 0 Å². The average Bonchev–Trinajstić information content (AvgIpc) is 2.46. The molecule has 9 heteroatoms. The number of hydrogen-bond donors (Lipinski definition) is 1. The summed E-state index contributed by atoms with van der Waals surface area (Å²) >= 11 is 0. The first-order chi connectivity index (χ1) is 10.4. The maximum atomic E-state index is 12.1. The fourth-order valence-electron chi connectivity index (χ4n) is 1.25. The number of halogens is 3. The van der Waals surface area contributed by atoms with Crippen LogP contribution < -0.4 is 4.74 Å². The monoisotopic (exact) mass is 318 g/mol. The van der Waals surface area contributed by atoms with Crippen molar-refractivity contribution < 1.29 is 32.5 Å². The predicted octanol–water partition coefficient (Wildman–Crippen LogP) is 3.67. The zero-order valence-corrected chi connectivity index (χ0v) is 11.5. The second kappa shape index (κ2) is 8.01. The predicted molar refractivity (Wildman–Crippen MR) is 69.9 cm³/mol. The Labute approximate surface area is 123 Å². The van der Waals surface area contributed by atoms with Gasteiger partial charge in [-0.2, -0.15) is 13.2 Å². The fraction of sp³-hybridized carbons (Fsp3) is 0.308. The highest BCUT2D eigenvalue weighted by Gasteiger charge is 2.28. The molecule has 0 heterocycles. The molecular formula is C13H13F3N2O4. The number of benzene rings is 1. The number of carbonyl (C=O) groups is 1. The molecule has 0 aromatic heterocycles. The highest BCUT2D eigenvalue weighted by Crippen LogP contribution is 2.29. The third kappa shape index (κ3) is 5.81. The molecule has 0 spiro atoms. The van der Waals surface area contributed by atoms with E-state index in [0.29, 0.717) is 6.26 Å². The van der Waals surface area contributed by atoms with Crippen LogP contribution in [0, 0.1) is 0 Å². The highest BCUT2D eigenvalue weighted by atomic mass is 19.4. The lowest BCUT2D eigenvalue weighted by Gasteiger charge is -2.10. The second-order valence-electron chi connectivity index (χ2n) is 3.81. The van der Waals surface area contributed by atoms with Gasteiger partial charge in [0.1, 0.15) is 17.7 Å². The number of alkyl halides is 3. The third-order valence-corrected chi connectivity index (χ3v) is 2.13. The van der Waals surface area contributed by atoms with Crippen molar-refractivity contribution in [3.8, 4) is 5.75 Å². The van der Waals surface area contributed by atoms with Gasteiger partial charge in [-0.15, -0.1) is 10.2 Å². The van der Waals surface area contributed by atoms with Gasteiger partial charge >= 0.3 is 12.1 Å². The summed E-state index contributed by atoms with van der Waals surface area (Å²) in [5, 5.41) is 15.9. The number of rotatable bonds is 6. The number of carbonyl (C=O) groups excluding carboxylic acids is 1. The summed E-state index contributed by atoms with van der Waals surface area (Å²) in [5.74, 6) is -1.08. The SMILES string of the molecule is CCOC(=O)/C(=C\O)N=Nc1ccccc1OCC(F)(F)F. The molecule has 1 rings (SSSR count). The zero-order chi connectivity index (χ0) is 16.6. The molecule has 6 nitrogen and oxygen atoms in total. The van der Waals surface area contributed by atoms with E-state index in [-0.39, 0.29) is 18.0 Å². The Hall–Kier alpha value is -2.58. The van der Waals surface area contributed by atoms with Crippen LogP contribution in [0.3, 0.4) is 0 Å². The maximum absolute atomic E-state index is 12.1. The lowest BCUT2D eigenvalue weighted by Crippen LogP contribution is -2.19. The number of nitrogens with zero attached hydrogens (tertiary/aromatic N) is 2. The minimum absolute atomic E-state index is 0.0320. The van der Waals surface area contributed by atoms with Crippen molar-refractivity contribution in [2.24, 2.45) is 10.2 Å². The number of ether oxygens (including phenoxy) is 2. The van der Waals surface area contributed by atoms with E-state index in [9.17, 15) is 18.0 Å². The molecule has 0 saturated heterocycles. The number of aliphatic hydroxyl groups excluding tert-OH is 1. The second-order valence-corrected chi connectivity index (χ2v) is 3.81. The lowest BCUT2D eigenvalue weighted by atomic mass is 10.3. The van der Waals surface area contributed by atoms with Crippen molar-refractivity contribution in [2.45, 2.75) is 13.1 Å². The van der Waals surface area contributed by atoms with Crippen molar-refractivity contribution in [3.05, 3.63) is 36.2 Å². The van der Waals surface area contributed by atoms with Gasteiger partial charge in [-0.25, -0.2) is 4.79 Å². The van der Waals surface area contributed by atoms with Crippen LogP contribution >= 0.6 is 0 Å². The Bertz CT molecular complexity index is 571. The van der Waals surface area contributed by atoms with Gasteiger partial charge in [-0.1, -0.05) is 12.1 Å². The standard InChI is InChI=1S/C13H13F3N2O4/c1-2-21-12(20)10(7-19)18-17-9-5-3-4-6-11(9)22-8-13(14,15)16/h3-7,19H,2,8H2,1H3/b10-7+,18-17?. The first-order valence-corrected chi connectivity index (χ1v) is 6.09. The van der Waals surface area contributed by atoms with Crippen LogP contribution in [0.4, 0.5) is 18.9 Å². The van der Waals surface area contributed by atoms with Crippen molar-refractivity contribution in [1.29, 1.82) is 0 Å². The van der Waals surface area contributed by atoms with E-state index < -0.39 is 24.4 Å². The Balaban J connectivity index is 2.88. The summed E-state index contributed by atoms with van der Waals surface area (Å²) in [6.07, 6.45) is -4.11. The molecule has 0 aliphatic rings. The molecule has 0 atom stereocenters. The molecule has 0 saturated carbocycles. The van der Waals surface area contributed by atoms with E-state index in [1.165, 1.54) is 24.3 Å². The van der Waals surface area contributed by atoms with Crippen LogP contribution in [0.15, 0.2) is 46.5 Å². The van der Waals surface area contributed by atoms with Gasteiger partial charge < -0.3 is 14.6 Å². The van der Waals surface area contributed by atoms with Gasteiger partial charge in [-0.05, 0) is 19.1 Å². The Morgan fingerprint density at radius 1 is 1.36 bits per heavy atom. The minimum atomic E-state index is -4.49. The summed E-state index contributed by atoms with van der Waals surface area (Å²) in [6, 6.07) is 5.57. The van der Waals surface area contributed by atoms with E-state index in [0.717, 1.165) is 0 Å². The number of aliphatic hydroxyl groups is 1. The Morgan fingerprint density at radius 2 is 2.05 bits per heavy atom. The number of para-hydroxylation sites is 1. The van der Waals surface area contributed by atoms with Crippen LogP contribution in [0.1, 0.15) is 6.92 Å². The van der Waals surface area contributed by atoms with Crippen molar-refractivity contribution in [3.63, 3.8) is 0 Å². The Morgan fingerprint density at radius 3 is 2.64 bits per heavy atom. The highest BCUT2D eigenvalue weighted by molar-refractivity contribution is 5.87. The number of esters is 1. The average molecular weight is 318 g/mol. The normalized spacial score (nSPS) is 12.5. The van der Waals surface area contributed by atoms with Gasteiger partial charge in [0.2, 0.25) is 5.70 Å². The smallest absolute Gasteiger partial charge is 0.422 e. The quantitative estimate of drug-likeness (QED) is 0.375. The topological polar surface area (TPSA) is 80.5 Å². The number of hydrogen-bond acceptors (Lipinski definition) is 6. The van der Waals surface area contributed by atoms with Crippen molar-refractivity contribution >= 4 is 11.7 Å². The van der Waals surface area contributed by atoms with Crippen LogP contribution in [-0.2, 0) is 9.53 Å². The molecule has 0 unspecified atom stereocenters. The molecule has 0 bridgehead atoms. The molecule has 0 aliphatic carbocycles. The summed E-state index contributed by atoms with van der Waals surface area (Å²) in [7, 11) is 0. The van der Waals surface area contributed by atoms with Crippen molar-refractivity contribution in [1.82, 2.24) is 0 Å². The molecule has 0 amide bonds. The van der Waals surface area contributed by atoms with E-state index in [4.69, 9.17) is 5.11 Å². The summed E-state index contributed by atoms with van der Waals surface area (Å²) in [5.41, 5.74) is -0.525. The summed E-state index contributed by atoms with van der Waals surface area (Å²) in [6.45, 7) is 0.140. The van der Waals surface area contributed by atoms with Gasteiger partial charge in [0.15, 0.2) is 6.61 Å². The van der Waals surface area contributed by atoms with E-state index >= 15 is 0 Å². The molecule has 1 N–H and O–H groups in total. The molecule has 22 heavy (non-hydrogen) atoms. The lowest BCUT2D eigenvalue weighted by molar-refractivity contribution is -0.153. The molecule has 120 valence electrons. The first-order valence-electron chi connectivity index (χ1n) is 6.09. The Kier molecular flexibility index (Phi) is 6.36. The van der Waals surface area contributed by atoms with Crippen molar-refractivity contribution in [2.75, 3.05) is 13.2 Å². The van der Waals surface area contributed by atoms with Crippen LogP contribution in [0.2, 0.25) is 0 Å². The number of azo groups is 1. The van der Waals surface area contributed by atoms with E-state index in [1.54, 1.807) is 6.92 Å². The molecule has 0 aliphatic heterocycles. The first kappa shape index (κ1) is 17.5. The summed E-state index contributed by atoms with van der Waals surface area (Å²) < 4.78 is 45.7. The van der Waals surface area contributed by atoms with Crippen LogP contribution in [0.5, 0.6) is 5.75 Å². The maximum Gasteiger partial charge on any atom is 0.422 e.